The minimum atomic E-state index is -0.374. The summed E-state index contributed by atoms with van der Waals surface area (Å²) in [7, 11) is 1.35. The molecule has 0 aromatic carbocycles. The van der Waals surface area contributed by atoms with Crippen LogP contribution in [0.15, 0.2) is 12.2 Å². The van der Waals surface area contributed by atoms with Crippen LogP contribution in [-0.2, 0) is 28.6 Å². The van der Waals surface area contributed by atoms with Crippen LogP contribution in [0.2, 0.25) is 0 Å². The Balaban J connectivity index is 1.40. The minimum absolute atomic E-state index is 0.0686. The first kappa shape index (κ1) is 32.5. The highest BCUT2D eigenvalue weighted by Crippen LogP contribution is 2.77. The van der Waals surface area contributed by atoms with Crippen LogP contribution in [0.3, 0.4) is 0 Å². The van der Waals surface area contributed by atoms with E-state index >= 15 is 0 Å². The largest absolute Gasteiger partial charge is 0.469 e. The molecule has 5 aliphatic rings. The lowest BCUT2D eigenvalue weighted by atomic mass is 9.32. The number of rotatable bonds is 7. The summed E-state index contributed by atoms with van der Waals surface area (Å²) < 4.78 is 16.6. The fourth-order valence-electron chi connectivity index (χ4n) is 12.5. The van der Waals surface area contributed by atoms with E-state index < -0.39 is 0 Å². The van der Waals surface area contributed by atoms with Gasteiger partial charge in [0.1, 0.15) is 6.10 Å². The highest BCUT2D eigenvalue weighted by molar-refractivity contribution is 5.77. The van der Waals surface area contributed by atoms with Crippen LogP contribution in [0.4, 0.5) is 0 Å². The summed E-state index contributed by atoms with van der Waals surface area (Å²) in [6.07, 6.45) is 11.5. The van der Waals surface area contributed by atoms with Crippen molar-refractivity contribution in [1.82, 2.24) is 0 Å². The summed E-state index contributed by atoms with van der Waals surface area (Å²) in [6, 6.07) is 0. The molecule has 5 rings (SSSR count). The van der Waals surface area contributed by atoms with E-state index in [0.717, 1.165) is 32.1 Å². The Kier molecular flexibility index (Phi) is 8.47. The van der Waals surface area contributed by atoms with Crippen molar-refractivity contribution in [3.63, 3.8) is 0 Å². The van der Waals surface area contributed by atoms with Crippen molar-refractivity contribution < 1.29 is 28.6 Å². The predicted octanol–water partition coefficient (Wildman–Crippen LogP) is 8.07. The molecular formula is C37H58O6. The van der Waals surface area contributed by atoms with E-state index in [1.807, 2.05) is 0 Å². The third-order valence-electron chi connectivity index (χ3n) is 14.8. The van der Waals surface area contributed by atoms with Crippen molar-refractivity contribution in [3.8, 4) is 0 Å². The molecule has 0 saturated heterocycles. The lowest BCUT2D eigenvalue weighted by Crippen LogP contribution is -2.67. The Hall–Kier alpha value is -1.85. The Bertz CT molecular complexity index is 1140. The molecular weight excluding hydrogens is 540 g/mol. The molecule has 0 N–H and O–H groups in total. The smallest absolute Gasteiger partial charge is 0.306 e. The number of esters is 3. The number of hydrogen-bond donors (Lipinski definition) is 0. The van der Waals surface area contributed by atoms with Crippen LogP contribution in [0.1, 0.15) is 126 Å². The summed E-state index contributed by atoms with van der Waals surface area (Å²) in [5, 5.41) is 0. The minimum Gasteiger partial charge on any atom is -0.469 e. The van der Waals surface area contributed by atoms with Crippen LogP contribution in [0, 0.1) is 56.7 Å². The number of hydrogen-bond acceptors (Lipinski definition) is 6. The van der Waals surface area contributed by atoms with Gasteiger partial charge in [0.15, 0.2) is 0 Å². The zero-order valence-corrected chi connectivity index (χ0v) is 28.3. The summed E-state index contributed by atoms with van der Waals surface area (Å²) in [6.45, 7) is 21.3. The molecule has 6 nitrogen and oxygen atoms in total. The van der Waals surface area contributed by atoms with Gasteiger partial charge in [0, 0.05) is 17.8 Å². The van der Waals surface area contributed by atoms with Crippen LogP contribution < -0.4 is 0 Å². The second-order valence-electron chi connectivity index (χ2n) is 16.7. The first-order valence-corrected chi connectivity index (χ1v) is 17.1. The van der Waals surface area contributed by atoms with Crippen molar-refractivity contribution >= 4 is 17.9 Å². The normalized spacial score (nSPS) is 44.6. The van der Waals surface area contributed by atoms with Gasteiger partial charge in [0.25, 0.3) is 0 Å². The van der Waals surface area contributed by atoms with Crippen LogP contribution in [0.5, 0.6) is 0 Å². The summed E-state index contributed by atoms with van der Waals surface area (Å²) >= 11 is 0. The number of methoxy groups -OCH3 is 1. The summed E-state index contributed by atoms with van der Waals surface area (Å²) in [5.41, 5.74) is 1.92. The van der Waals surface area contributed by atoms with Gasteiger partial charge >= 0.3 is 17.9 Å². The number of allylic oxidation sites excluding steroid dienone is 1. The molecule has 5 saturated carbocycles. The SMILES string of the molecule is C=C(C)[C@@H]1CC[C@]2(COC(C)=O)CC[C@]3(C)[C@H](CC[C@@H]4[C@@]5(C)CC[C@H](OC(=O)CCC(=O)OC)C(C)(C)[C@H]5CC[C@]43C)[C@H]12. The van der Waals surface area contributed by atoms with Crippen LogP contribution in [-0.4, -0.2) is 37.7 Å². The number of fused-ring (bicyclic) bond motifs is 7. The van der Waals surface area contributed by atoms with Gasteiger partial charge in [-0.25, -0.2) is 0 Å². The molecule has 5 aliphatic carbocycles. The molecule has 0 amide bonds. The standard InChI is InChI=1S/C37H58O6/c1-23(2)25-14-19-37(22-42-24(3)38)21-20-35(7)26(32(25)37)10-11-28-34(6)17-16-29(43-31(40)13-12-30(39)41-9)33(4,5)27(34)15-18-36(28,35)8/h25-29,32H,1,10-22H2,2-9H3/t25-,26+,27+,28+,29-,32-,34-,35+,36+,37+/m0/s1. The summed E-state index contributed by atoms with van der Waals surface area (Å²) in [5.74, 6) is 1.94. The quantitative estimate of drug-likeness (QED) is 0.168. The van der Waals surface area contributed by atoms with Gasteiger partial charge in [-0.15, -0.1) is 0 Å². The molecule has 10 atom stereocenters. The van der Waals surface area contributed by atoms with E-state index in [4.69, 9.17) is 14.2 Å². The van der Waals surface area contributed by atoms with Gasteiger partial charge in [-0.2, -0.15) is 0 Å². The zero-order chi connectivity index (χ0) is 31.6. The van der Waals surface area contributed by atoms with Crippen molar-refractivity contribution in [2.75, 3.05) is 13.7 Å². The maximum absolute atomic E-state index is 12.7. The van der Waals surface area contributed by atoms with Gasteiger partial charge < -0.3 is 14.2 Å². The molecule has 6 heteroatoms. The molecule has 0 aliphatic heterocycles. The molecule has 0 unspecified atom stereocenters. The molecule has 5 fully saturated rings. The molecule has 0 radical (unpaired) electrons. The average molecular weight is 599 g/mol. The molecule has 43 heavy (non-hydrogen) atoms. The van der Waals surface area contributed by atoms with E-state index in [-0.39, 0.29) is 63.9 Å². The van der Waals surface area contributed by atoms with E-state index in [2.05, 4.69) is 48.1 Å². The molecule has 0 bridgehead atoms. The maximum atomic E-state index is 12.7. The lowest BCUT2D eigenvalue weighted by molar-refractivity contribution is -0.252. The van der Waals surface area contributed by atoms with Crippen LogP contribution in [0.25, 0.3) is 0 Å². The molecule has 0 heterocycles. The third kappa shape index (κ3) is 5.00. The van der Waals surface area contributed by atoms with Gasteiger partial charge in [-0.1, -0.05) is 46.8 Å². The number of ether oxygens (including phenoxy) is 3. The van der Waals surface area contributed by atoms with Crippen molar-refractivity contribution in [1.29, 1.82) is 0 Å². The Morgan fingerprint density at radius 3 is 2.12 bits per heavy atom. The number of carbonyl (C=O) groups excluding carboxylic acids is 3. The first-order chi connectivity index (χ1) is 20.1. The average Bonchev–Trinajstić information content (AvgIpc) is 3.33. The van der Waals surface area contributed by atoms with E-state index in [9.17, 15) is 14.4 Å². The number of carbonyl (C=O) groups is 3. The van der Waals surface area contributed by atoms with Gasteiger partial charge in [0.05, 0.1) is 26.6 Å². The van der Waals surface area contributed by atoms with Gasteiger partial charge in [-0.05, 0) is 117 Å². The maximum Gasteiger partial charge on any atom is 0.306 e. The highest BCUT2D eigenvalue weighted by atomic mass is 16.5. The first-order valence-electron chi connectivity index (χ1n) is 17.1. The Morgan fingerprint density at radius 2 is 1.47 bits per heavy atom. The molecule has 0 aromatic heterocycles. The molecule has 0 aromatic rings. The predicted molar refractivity (Wildman–Crippen MR) is 167 cm³/mol. The zero-order valence-electron chi connectivity index (χ0n) is 28.3. The lowest BCUT2D eigenvalue weighted by Gasteiger charge is -2.73. The Morgan fingerprint density at radius 1 is 0.767 bits per heavy atom. The fraction of sp³-hybridized carbons (Fsp3) is 0.865. The second kappa shape index (κ2) is 11.2. The van der Waals surface area contributed by atoms with Gasteiger partial charge in [0.2, 0.25) is 0 Å². The van der Waals surface area contributed by atoms with E-state index in [1.54, 1.807) is 6.92 Å². The fourth-order valence-corrected chi connectivity index (χ4v) is 12.5. The highest BCUT2D eigenvalue weighted by Gasteiger charge is 2.71. The van der Waals surface area contributed by atoms with Crippen LogP contribution >= 0.6 is 0 Å². The van der Waals surface area contributed by atoms with E-state index in [0.29, 0.717) is 36.2 Å². The molecule has 242 valence electrons. The summed E-state index contributed by atoms with van der Waals surface area (Å²) in [4.78, 5) is 36.3. The third-order valence-corrected chi connectivity index (χ3v) is 14.8. The monoisotopic (exact) mass is 598 g/mol. The van der Waals surface area contributed by atoms with Crippen molar-refractivity contribution in [2.24, 2.45) is 56.7 Å². The topological polar surface area (TPSA) is 78.9 Å². The Labute approximate surface area is 260 Å². The molecule has 0 spiro atoms. The second-order valence-corrected chi connectivity index (χ2v) is 16.7. The van der Waals surface area contributed by atoms with Gasteiger partial charge in [-0.3, -0.25) is 14.4 Å². The van der Waals surface area contributed by atoms with Crippen molar-refractivity contribution in [3.05, 3.63) is 12.2 Å². The van der Waals surface area contributed by atoms with Crippen molar-refractivity contribution in [2.45, 2.75) is 132 Å². The van der Waals surface area contributed by atoms with E-state index in [1.165, 1.54) is 44.8 Å².